The van der Waals surface area contributed by atoms with E-state index in [0.717, 1.165) is 5.39 Å². The van der Waals surface area contributed by atoms with Gasteiger partial charge in [0.25, 0.3) is 0 Å². The first-order valence-corrected chi connectivity index (χ1v) is 8.36. The maximum absolute atomic E-state index is 12.3. The second-order valence-corrected chi connectivity index (χ2v) is 6.17. The number of aromatic nitrogens is 1. The molecule has 0 bridgehead atoms. The molecule has 0 spiro atoms. The molecule has 0 aliphatic carbocycles. The summed E-state index contributed by atoms with van der Waals surface area (Å²) < 4.78 is 22.7. The zero-order valence-corrected chi connectivity index (χ0v) is 12.9. The molecule has 0 aliphatic rings. The number of hydrogen-bond donors (Lipinski definition) is 1. The smallest absolute Gasteiger partial charge is 0.354 e. The lowest BCUT2D eigenvalue weighted by Crippen LogP contribution is -1.93. The average molecular weight is 307 g/mol. The van der Waals surface area contributed by atoms with Crippen molar-refractivity contribution in [1.82, 2.24) is 4.98 Å². The molecular weight excluding hydrogens is 289 g/mol. The Bertz CT molecular complexity index is 689. The van der Waals surface area contributed by atoms with E-state index in [1.165, 1.54) is 5.82 Å². The number of fused-ring (bicyclic) bond motifs is 1. The molecule has 0 fully saturated rings. The molecule has 5 nitrogen and oxygen atoms in total. The highest BCUT2D eigenvalue weighted by Crippen LogP contribution is 2.50. The van der Waals surface area contributed by atoms with E-state index in [0.29, 0.717) is 24.4 Å². The van der Waals surface area contributed by atoms with Gasteiger partial charge in [-0.1, -0.05) is 18.2 Å². The Kier molecular flexibility index (Phi) is 5.12. The summed E-state index contributed by atoms with van der Waals surface area (Å²) in [6.07, 6.45) is 1.58. The summed E-state index contributed by atoms with van der Waals surface area (Å²) in [5.41, 5.74) is 1.07. The third-order valence-corrected chi connectivity index (χ3v) is 4.52. The second kappa shape index (κ2) is 6.85. The van der Waals surface area contributed by atoms with Gasteiger partial charge in [-0.15, -0.1) is 0 Å². The van der Waals surface area contributed by atoms with E-state index in [1.54, 1.807) is 38.1 Å². The van der Waals surface area contributed by atoms with Gasteiger partial charge in [-0.3, -0.25) is 4.57 Å². The maximum Gasteiger partial charge on any atom is 0.354 e. The van der Waals surface area contributed by atoms with Gasteiger partial charge in [0.05, 0.1) is 18.9 Å². The summed E-state index contributed by atoms with van der Waals surface area (Å²) in [5.74, 6) is 1.51. The lowest BCUT2D eigenvalue weighted by Gasteiger charge is -2.12. The Balaban J connectivity index is 2.32. The van der Waals surface area contributed by atoms with Gasteiger partial charge in [-0.25, -0.2) is 4.98 Å². The zero-order valence-electron chi connectivity index (χ0n) is 12.0. The molecule has 1 aromatic heterocycles. The molecule has 0 unspecified atom stereocenters. The van der Waals surface area contributed by atoms with E-state index < -0.39 is 7.60 Å². The molecule has 1 aromatic carbocycles. The van der Waals surface area contributed by atoms with Crippen molar-refractivity contribution in [3.05, 3.63) is 41.8 Å². The molecule has 0 atom stereocenters. The van der Waals surface area contributed by atoms with Crippen molar-refractivity contribution >= 4 is 24.6 Å². The molecule has 0 saturated carbocycles. The minimum atomic E-state index is -3.24. The number of benzene rings is 1. The van der Waals surface area contributed by atoms with Crippen LogP contribution in [-0.4, -0.2) is 23.3 Å². The van der Waals surface area contributed by atoms with Crippen LogP contribution in [0.2, 0.25) is 0 Å². The lowest BCUT2D eigenvalue weighted by molar-refractivity contribution is 0.229. The topological polar surface area (TPSA) is 68.7 Å². The first-order chi connectivity index (χ1) is 10.1. The number of pyridine rings is 1. The van der Waals surface area contributed by atoms with E-state index >= 15 is 0 Å². The molecule has 6 heteroatoms. The Labute approximate surface area is 123 Å². The molecule has 2 aromatic rings. The number of aromatic hydroxyl groups is 1. The predicted molar refractivity (Wildman–Crippen MR) is 83.3 cm³/mol. The number of nitrogens with zero attached hydrogens (tertiary/aromatic N) is 1. The molecule has 112 valence electrons. The first kappa shape index (κ1) is 15.7. The predicted octanol–water partition coefficient (Wildman–Crippen LogP) is 4.18. The van der Waals surface area contributed by atoms with Gasteiger partial charge in [0.1, 0.15) is 11.3 Å². The van der Waals surface area contributed by atoms with Crippen LogP contribution < -0.4 is 0 Å². The van der Waals surface area contributed by atoms with Crippen LogP contribution in [0.4, 0.5) is 0 Å². The van der Waals surface area contributed by atoms with Gasteiger partial charge < -0.3 is 14.2 Å². The van der Waals surface area contributed by atoms with E-state index in [4.69, 9.17) is 9.05 Å². The monoisotopic (exact) mass is 307 g/mol. The highest BCUT2D eigenvalue weighted by atomic mass is 31.2. The van der Waals surface area contributed by atoms with Crippen molar-refractivity contribution in [3.8, 4) is 5.75 Å². The van der Waals surface area contributed by atoms with Crippen LogP contribution in [0.1, 0.15) is 19.5 Å². The van der Waals surface area contributed by atoms with Crippen molar-refractivity contribution in [3.63, 3.8) is 0 Å². The quantitative estimate of drug-likeness (QED) is 0.811. The van der Waals surface area contributed by atoms with E-state index in [9.17, 15) is 9.67 Å². The average Bonchev–Trinajstić information content (AvgIpc) is 2.46. The summed E-state index contributed by atoms with van der Waals surface area (Å²) in [7, 11) is -3.24. The Morgan fingerprint density at radius 3 is 2.57 bits per heavy atom. The SMILES string of the molecule is CCOP(=O)(C=Cc1ccc2cccc(O)c2n1)OCC. The third-order valence-electron chi connectivity index (χ3n) is 2.77. The van der Waals surface area contributed by atoms with Crippen molar-refractivity contribution in [1.29, 1.82) is 0 Å². The summed E-state index contributed by atoms with van der Waals surface area (Å²) in [5, 5.41) is 10.6. The van der Waals surface area contributed by atoms with Crippen molar-refractivity contribution in [2.45, 2.75) is 13.8 Å². The fourth-order valence-corrected chi connectivity index (χ4v) is 3.19. The van der Waals surface area contributed by atoms with Crippen molar-refractivity contribution in [2.24, 2.45) is 0 Å². The van der Waals surface area contributed by atoms with Crippen LogP contribution in [0.5, 0.6) is 5.75 Å². The van der Waals surface area contributed by atoms with Gasteiger partial charge in [0.2, 0.25) is 0 Å². The molecule has 21 heavy (non-hydrogen) atoms. The summed E-state index contributed by atoms with van der Waals surface area (Å²) in [6.45, 7) is 4.11. The molecule has 1 N–H and O–H groups in total. The van der Waals surface area contributed by atoms with Crippen molar-refractivity contribution < 1.29 is 18.7 Å². The molecular formula is C15H18NO4P. The standard InChI is InChI=1S/C15H18NO4P/c1-3-19-21(18,20-4-2)11-10-13-9-8-12-6-5-7-14(17)15(12)16-13/h5-11,17H,3-4H2,1-2H3. The summed E-state index contributed by atoms with van der Waals surface area (Å²) in [4.78, 5) is 4.33. The fraction of sp³-hybridized carbons (Fsp3) is 0.267. The second-order valence-electron chi connectivity index (χ2n) is 4.28. The van der Waals surface area contributed by atoms with Crippen LogP contribution in [0, 0.1) is 0 Å². The number of phenolic OH excluding ortho intramolecular Hbond substituents is 1. The molecule has 1 heterocycles. The summed E-state index contributed by atoms with van der Waals surface area (Å²) >= 11 is 0. The molecule has 0 radical (unpaired) electrons. The number of phenols is 1. The first-order valence-electron chi connectivity index (χ1n) is 6.75. The number of rotatable bonds is 6. The van der Waals surface area contributed by atoms with Crippen LogP contribution in [-0.2, 0) is 13.6 Å². The zero-order chi connectivity index (χ0) is 15.3. The van der Waals surface area contributed by atoms with E-state index in [-0.39, 0.29) is 5.75 Å². The third kappa shape index (κ3) is 3.91. The minimum absolute atomic E-state index is 0.112. The maximum atomic E-state index is 12.3. The molecule has 0 amide bonds. The van der Waals surface area contributed by atoms with Crippen LogP contribution in [0.15, 0.2) is 36.1 Å². The van der Waals surface area contributed by atoms with Crippen LogP contribution in [0.25, 0.3) is 17.0 Å². The summed E-state index contributed by atoms with van der Waals surface area (Å²) in [6, 6.07) is 8.82. The highest BCUT2D eigenvalue weighted by molar-refractivity contribution is 7.57. The van der Waals surface area contributed by atoms with Gasteiger partial charge in [0.15, 0.2) is 0 Å². The molecule has 2 rings (SSSR count). The van der Waals surface area contributed by atoms with Crippen molar-refractivity contribution in [2.75, 3.05) is 13.2 Å². The van der Waals surface area contributed by atoms with Gasteiger partial charge in [0, 0.05) is 11.2 Å². The molecule has 0 aliphatic heterocycles. The number of hydrogen-bond acceptors (Lipinski definition) is 5. The van der Waals surface area contributed by atoms with Crippen LogP contribution in [0.3, 0.4) is 0 Å². The Morgan fingerprint density at radius 1 is 1.19 bits per heavy atom. The lowest BCUT2D eigenvalue weighted by atomic mass is 10.2. The number of para-hydroxylation sites is 1. The largest absolute Gasteiger partial charge is 0.506 e. The van der Waals surface area contributed by atoms with Gasteiger partial charge in [-0.2, -0.15) is 0 Å². The van der Waals surface area contributed by atoms with Gasteiger partial charge >= 0.3 is 7.60 Å². The van der Waals surface area contributed by atoms with Crippen LogP contribution >= 0.6 is 7.60 Å². The molecule has 0 saturated heterocycles. The minimum Gasteiger partial charge on any atom is -0.506 e. The fourth-order valence-electron chi connectivity index (χ4n) is 1.89. The van der Waals surface area contributed by atoms with Gasteiger partial charge in [-0.05, 0) is 32.1 Å². The normalized spacial score (nSPS) is 12.3. The Morgan fingerprint density at radius 2 is 1.90 bits per heavy atom. The van der Waals surface area contributed by atoms with E-state index in [2.05, 4.69) is 4.98 Å². The Hall–Kier alpha value is -1.68. The van der Waals surface area contributed by atoms with E-state index in [1.807, 2.05) is 12.1 Å². The highest BCUT2D eigenvalue weighted by Gasteiger charge is 2.18.